The molecule has 0 fully saturated rings. The summed E-state index contributed by atoms with van der Waals surface area (Å²) in [6.45, 7) is 2.17. The third kappa shape index (κ3) is 23.5. The van der Waals surface area contributed by atoms with Gasteiger partial charge in [-0.15, -0.1) is 0 Å². The smallest absolute Gasteiger partial charge is 0.810 e. The van der Waals surface area contributed by atoms with Crippen molar-refractivity contribution in [1.82, 2.24) is 4.90 Å². The first-order valence-electron chi connectivity index (χ1n) is 5.40. The molecule has 1 unspecified atom stereocenters. The topological polar surface area (TPSA) is 127 Å². The molecule has 0 aromatic carbocycles. The van der Waals surface area contributed by atoms with Crippen LogP contribution in [0.15, 0.2) is 0 Å². The van der Waals surface area contributed by atoms with Crippen LogP contribution in [0.4, 0.5) is 0 Å². The van der Waals surface area contributed by atoms with Gasteiger partial charge in [0, 0.05) is 6.29 Å². The molecule has 7 nitrogen and oxygen atoms in total. The van der Waals surface area contributed by atoms with Gasteiger partial charge in [0.15, 0.2) is 0 Å². The van der Waals surface area contributed by atoms with E-state index in [0.717, 1.165) is 24.2 Å². The Bertz CT molecular complexity index is 287. The molecule has 0 aromatic rings. The van der Waals surface area contributed by atoms with E-state index in [1.807, 2.05) is 6.92 Å². The average molecular weight is 355 g/mol. The van der Waals surface area contributed by atoms with Crippen LogP contribution in [-0.4, -0.2) is 28.9 Å². The Balaban J connectivity index is -0.000000427. The number of rotatable bonds is 9. The van der Waals surface area contributed by atoms with Gasteiger partial charge in [0.1, 0.15) is 7.60 Å². The zero-order chi connectivity index (χ0) is 13.5. The van der Waals surface area contributed by atoms with Crippen LogP contribution in [0.25, 0.3) is 0 Å². The normalized spacial score (nSPS) is 13.7. The summed E-state index contributed by atoms with van der Waals surface area (Å²) in [6.07, 6.45) is 1.69. The number of hydrogen-bond donors (Lipinski definition) is 1. The summed E-state index contributed by atoms with van der Waals surface area (Å²) in [5.74, 6) is 0. The van der Waals surface area contributed by atoms with Gasteiger partial charge in [0.05, 0.1) is 6.29 Å². The van der Waals surface area contributed by atoms with Crippen molar-refractivity contribution in [3.63, 3.8) is 0 Å². The minimum atomic E-state index is -4.81. The third-order valence-corrected chi connectivity index (χ3v) is 3.58. The fraction of sp³-hybridized carbons (Fsp3) is 1.00. The molecule has 12 heteroatoms. The van der Waals surface area contributed by atoms with E-state index >= 15 is 0 Å². The molecule has 0 rings (SSSR count). The predicted molar refractivity (Wildman–Crippen MR) is 58.0 cm³/mol. The molecule has 0 spiro atoms. The van der Waals surface area contributed by atoms with Crippen LogP contribution >= 0.6 is 15.2 Å². The number of hydrogen-bond acceptors (Lipinski definition) is 6. The Kier molecular flexibility index (Phi) is 24.5. The van der Waals surface area contributed by atoms with Crippen molar-refractivity contribution in [3.8, 4) is 0 Å². The van der Waals surface area contributed by atoms with Gasteiger partial charge in [-0.1, -0.05) is 33.8 Å². The molecule has 0 aromatic heterocycles. The summed E-state index contributed by atoms with van der Waals surface area (Å²) >= 11 is 0. The minimum Gasteiger partial charge on any atom is -0.810 e. The van der Waals surface area contributed by atoms with Crippen LogP contribution in [0, 0.1) is 0 Å². The molecule has 0 aliphatic carbocycles. The van der Waals surface area contributed by atoms with E-state index in [4.69, 9.17) is 4.89 Å². The summed E-state index contributed by atoms with van der Waals surface area (Å²) in [7, 11) is -9.40. The molecule has 1 N–H and O–H groups in total. The second-order valence-electron chi connectivity index (χ2n) is 3.99. The van der Waals surface area contributed by atoms with Crippen LogP contribution in [0.5, 0.6) is 0 Å². The van der Waals surface area contributed by atoms with Crippen LogP contribution in [-0.2, 0) is 9.13 Å². The molecule has 1 atom stereocenters. The molecule has 0 amide bonds. The second-order valence-corrected chi connectivity index (χ2v) is 7.05. The Morgan fingerprint density at radius 1 is 0.950 bits per heavy atom. The Morgan fingerprint density at radius 2 is 1.45 bits per heavy atom. The zero-order valence-corrected chi connectivity index (χ0v) is 20.6. The van der Waals surface area contributed by atoms with Crippen LogP contribution < -0.4 is 103 Å². The van der Waals surface area contributed by atoms with E-state index in [1.165, 1.54) is 0 Å². The Hall–Kier alpha value is 3.26. The molecule has 0 heterocycles. The quantitative estimate of drug-likeness (QED) is 0.247. The second kappa shape index (κ2) is 15.8. The van der Waals surface area contributed by atoms with Gasteiger partial charge < -0.3 is 28.7 Å². The molecule has 0 aliphatic heterocycles. The SMILES string of the molecule is CCCCCCN(CP(=O)([O-])[O-])CP(=O)([O-])O.[Na+].[Na+].[Na+]. The standard InChI is InChI=1S/C8H21NO6P2.3Na/c1-2-3-4-5-6-9(7-16(10,11)12)8-17(13,14)15;;;/h2-8H2,1H3,(H2,10,11,12)(H2,13,14,15);;;/q;3*+1/p-3. The Morgan fingerprint density at radius 3 is 1.80 bits per heavy atom. The predicted octanol–water partition coefficient (Wildman–Crippen LogP) is -9.74. The molecule has 0 aliphatic rings. The van der Waals surface area contributed by atoms with E-state index < -0.39 is 27.8 Å². The van der Waals surface area contributed by atoms with Crippen LogP contribution in [0.3, 0.4) is 0 Å². The number of nitrogens with zero attached hydrogens (tertiary/aromatic N) is 1. The first-order valence-corrected chi connectivity index (χ1v) is 8.89. The van der Waals surface area contributed by atoms with Crippen molar-refractivity contribution in [2.45, 2.75) is 32.6 Å². The maximum atomic E-state index is 10.7. The van der Waals surface area contributed by atoms with Crippen molar-refractivity contribution >= 4 is 15.2 Å². The number of unbranched alkanes of at least 4 members (excludes halogenated alkanes) is 3. The van der Waals surface area contributed by atoms with Gasteiger partial charge in [-0.3, -0.25) is 4.90 Å². The molecule has 20 heavy (non-hydrogen) atoms. The van der Waals surface area contributed by atoms with Gasteiger partial charge in [0.25, 0.3) is 0 Å². The van der Waals surface area contributed by atoms with E-state index in [1.54, 1.807) is 0 Å². The van der Waals surface area contributed by atoms with Crippen molar-refractivity contribution in [2.75, 3.05) is 19.1 Å². The van der Waals surface area contributed by atoms with Crippen molar-refractivity contribution in [1.29, 1.82) is 0 Å². The van der Waals surface area contributed by atoms with Crippen molar-refractivity contribution < 1.29 is 117 Å². The van der Waals surface area contributed by atoms with Crippen molar-refractivity contribution in [3.05, 3.63) is 0 Å². The molecule has 0 saturated carbocycles. The van der Waals surface area contributed by atoms with Crippen LogP contribution in [0.1, 0.15) is 32.6 Å². The van der Waals surface area contributed by atoms with Crippen LogP contribution in [0.2, 0.25) is 0 Å². The maximum Gasteiger partial charge on any atom is 1.00 e. The molecule has 0 radical (unpaired) electrons. The zero-order valence-electron chi connectivity index (χ0n) is 12.8. The molecule has 104 valence electrons. The monoisotopic (exact) mass is 355 g/mol. The fourth-order valence-electron chi connectivity index (χ4n) is 1.45. The summed E-state index contributed by atoms with van der Waals surface area (Å²) in [6, 6.07) is 0. The maximum absolute atomic E-state index is 10.7. The summed E-state index contributed by atoms with van der Waals surface area (Å²) < 4.78 is 21.2. The van der Waals surface area contributed by atoms with E-state index in [2.05, 4.69) is 0 Å². The van der Waals surface area contributed by atoms with Gasteiger partial charge >= 0.3 is 88.7 Å². The van der Waals surface area contributed by atoms with E-state index in [-0.39, 0.29) is 95.2 Å². The fourth-order valence-corrected chi connectivity index (χ4v) is 3.08. The minimum absolute atomic E-state index is 0. The summed E-state index contributed by atoms with van der Waals surface area (Å²) in [5.41, 5.74) is 0. The third-order valence-electron chi connectivity index (χ3n) is 2.08. The first kappa shape index (κ1) is 31.1. The molecular weight excluding hydrogens is 337 g/mol. The summed E-state index contributed by atoms with van der Waals surface area (Å²) in [4.78, 5) is 41.4. The molecule has 0 bridgehead atoms. The molecule has 0 saturated heterocycles. The van der Waals surface area contributed by atoms with Gasteiger partial charge in [0.2, 0.25) is 0 Å². The van der Waals surface area contributed by atoms with E-state index in [0.29, 0.717) is 6.42 Å². The van der Waals surface area contributed by atoms with Gasteiger partial charge in [-0.05, 0) is 13.0 Å². The van der Waals surface area contributed by atoms with Gasteiger partial charge in [-0.25, -0.2) is 0 Å². The van der Waals surface area contributed by atoms with Crippen molar-refractivity contribution in [2.24, 2.45) is 0 Å². The average Bonchev–Trinajstić information content (AvgIpc) is 2.06. The first-order chi connectivity index (χ1) is 7.64. The van der Waals surface area contributed by atoms with Gasteiger partial charge in [-0.2, -0.15) is 0 Å². The Labute approximate surface area is 186 Å². The molecular formula is C8H18NNa3O6P2. The van der Waals surface area contributed by atoms with E-state index in [9.17, 15) is 23.8 Å². The largest absolute Gasteiger partial charge is 1.00 e. The summed E-state index contributed by atoms with van der Waals surface area (Å²) in [5, 5.41) is 0.